The summed E-state index contributed by atoms with van der Waals surface area (Å²) in [6, 6.07) is 11.8. The molecular weight excluding hydrogens is 434 g/mol. The molecule has 0 radical (unpaired) electrons. The fraction of sp³-hybridized carbons (Fsp3) is 0.391. The van der Waals surface area contributed by atoms with E-state index in [4.69, 9.17) is 21.1 Å². The zero-order chi connectivity index (χ0) is 21.4. The van der Waals surface area contributed by atoms with Crippen molar-refractivity contribution in [1.29, 1.82) is 0 Å². The highest BCUT2D eigenvalue weighted by molar-refractivity contribution is 7.99. The van der Waals surface area contributed by atoms with Crippen LogP contribution in [-0.4, -0.2) is 45.9 Å². The normalized spacial score (nSPS) is 18.4. The van der Waals surface area contributed by atoms with Gasteiger partial charge in [0.15, 0.2) is 16.7 Å². The quantitative estimate of drug-likeness (QED) is 0.524. The van der Waals surface area contributed by atoms with E-state index in [1.165, 1.54) is 11.8 Å². The fourth-order valence-electron chi connectivity index (χ4n) is 4.29. The van der Waals surface area contributed by atoms with Crippen LogP contribution in [0.25, 0.3) is 11.0 Å². The third kappa shape index (κ3) is 4.08. The number of carbonyl (C=O) groups excluding carboxylic acids is 1. The van der Waals surface area contributed by atoms with Gasteiger partial charge in [-0.2, -0.15) is 0 Å². The van der Waals surface area contributed by atoms with Crippen LogP contribution in [0, 0.1) is 0 Å². The van der Waals surface area contributed by atoms with Crippen LogP contribution in [0.2, 0.25) is 5.02 Å². The van der Waals surface area contributed by atoms with Gasteiger partial charge in [-0.05, 0) is 48.7 Å². The summed E-state index contributed by atoms with van der Waals surface area (Å²) in [6.07, 6.45) is 2.84. The van der Waals surface area contributed by atoms with Crippen LogP contribution >= 0.6 is 23.4 Å². The number of halogens is 1. The highest BCUT2D eigenvalue weighted by Crippen LogP contribution is 2.38. The predicted octanol–water partition coefficient (Wildman–Crippen LogP) is 4.84. The van der Waals surface area contributed by atoms with E-state index in [0.29, 0.717) is 24.0 Å². The summed E-state index contributed by atoms with van der Waals surface area (Å²) in [5.74, 6) is 2.05. The van der Waals surface area contributed by atoms with Gasteiger partial charge in [-0.3, -0.25) is 4.79 Å². The highest BCUT2D eigenvalue weighted by Gasteiger charge is 2.31. The Bertz CT molecular complexity index is 1130. The van der Waals surface area contributed by atoms with Gasteiger partial charge in [-0.25, -0.2) is 4.98 Å². The summed E-state index contributed by atoms with van der Waals surface area (Å²) in [4.78, 5) is 19.8. The van der Waals surface area contributed by atoms with Crippen LogP contribution in [0.4, 0.5) is 0 Å². The molecule has 31 heavy (non-hydrogen) atoms. The van der Waals surface area contributed by atoms with Gasteiger partial charge in [0.2, 0.25) is 5.91 Å². The lowest BCUT2D eigenvalue weighted by atomic mass is 10.0. The molecule has 3 aromatic rings. The number of carbonyl (C=O) groups is 1. The average molecular weight is 458 g/mol. The maximum atomic E-state index is 13.1. The fourth-order valence-corrected chi connectivity index (χ4v) is 5.33. The summed E-state index contributed by atoms with van der Waals surface area (Å²) >= 11 is 7.56. The molecule has 0 spiro atoms. The molecular formula is C23H24ClN3O3S. The number of thioether (sulfide) groups is 1. The number of imidazole rings is 1. The average Bonchev–Trinajstić information content (AvgIpc) is 3.29. The van der Waals surface area contributed by atoms with Crippen molar-refractivity contribution in [2.24, 2.45) is 7.05 Å². The van der Waals surface area contributed by atoms with E-state index in [1.807, 2.05) is 46.8 Å². The van der Waals surface area contributed by atoms with Crippen LogP contribution in [0.1, 0.15) is 30.9 Å². The summed E-state index contributed by atoms with van der Waals surface area (Å²) in [5, 5.41) is 1.48. The number of fused-ring (bicyclic) bond motifs is 2. The van der Waals surface area contributed by atoms with E-state index >= 15 is 0 Å². The Balaban J connectivity index is 1.30. The molecule has 0 aliphatic carbocycles. The minimum Gasteiger partial charge on any atom is -0.490 e. The molecule has 0 N–H and O–H groups in total. The van der Waals surface area contributed by atoms with Crippen molar-refractivity contribution in [3.8, 4) is 11.5 Å². The number of hydrogen-bond acceptors (Lipinski definition) is 5. The molecule has 2 aliphatic rings. The van der Waals surface area contributed by atoms with E-state index in [1.54, 1.807) is 0 Å². The summed E-state index contributed by atoms with van der Waals surface area (Å²) in [7, 11) is 1.96. The zero-order valence-corrected chi connectivity index (χ0v) is 18.9. The lowest BCUT2D eigenvalue weighted by Crippen LogP contribution is -2.32. The maximum absolute atomic E-state index is 13.1. The number of rotatable bonds is 4. The number of ether oxygens (including phenoxy) is 2. The van der Waals surface area contributed by atoms with Gasteiger partial charge >= 0.3 is 0 Å². The summed E-state index contributed by atoms with van der Waals surface area (Å²) in [6.45, 7) is 2.10. The monoisotopic (exact) mass is 457 g/mol. The van der Waals surface area contributed by atoms with Gasteiger partial charge in [0.05, 0.1) is 36.0 Å². The molecule has 8 heteroatoms. The van der Waals surface area contributed by atoms with Crippen molar-refractivity contribution >= 4 is 40.3 Å². The number of nitrogens with zero attached hydrogens (tertiary/aromatic N) is 3. The molecule has 0 bridgehead atoms. The zero-order valence-electron chi connectivity index (χ0n) is 17.3. The van der Waals surface area contributed by atoms with Crippen molar-refractivity contribution < 1.29 is 14.3 Å². The van der Waals surface area contributed by atoms with E-state index in [-0.39, 0.29) is 11.9 Å². The second-order valence-corrected chi connectivity index (χ2v) is 9.26. The Hall–Kier alpha value is -2.38. The van der Waals surface area contributed by atoms with Gasteiger partial charge in [0.25, 0.3) is 0 Å². The lowest BCUT2D eigenvalue weighted by Gasteiger charge is -2.25. The Morgan fingerprint density at radius 3 is 2.87 bits per heavy atom. The molecule has 162 valence electrons. The van der Waals surface area contributed by atoms with E-state index < -0.39 is 0 Å². The number of hydrogen-bond donors (Lipinski definition) is 0. The van der Waals surface area contributed by atoms with E-state index in [9.17, 15) is 4.79 Å². The van der Waals surface area contributed by atoms with Gasteiger partial charge in [0, 0.05) is 25.0 Å². The first-order valence-electron chi connectivity index (χ1n) is 10.5. The Morgan fingerprint density at radius 2 is 2.00 bits per heavy atom. The van der Waals surface area contributed by atoms with Gasteiger partial charge < -0.3 is 18.9 Å². The van der Waals surface area contributed by atoms with Crippen molar-refractivity contribution in [3.63, 3.8) is 0 Å². The molecule has 1 amide bonds. The smallest absolute Gasteiger partial charge is 0.233 e. The van der Waals surface area contributed by atoms with Gasteiger partial charge in [-0.1, -0.05) is 29.4 Å². The molecule has 1 fully saturated rings. The molecule has 1 saturated heterocycles. The first kappa shape index (κ1) is 20.5. The van der Waals surface area contributed by atoms with Crippen molar-refractivity contribution in [2.75, 3.05) is 25.5 Å². The molecule has 2 aliphatic heterocycles. The first-order chi connectivity index (χ1) is 15.1. The predicted molar refractivity (Wildman–Crippen MR) is 122 cm³/mol. The van der Waals surface area contributed by atoms with Crippen LogP contribution in [-0.2, 0) is 11.8 Å². The standard InChI is InChI=1S/C23H24ClN3O3S/c1-26-19-7-6-16(24)13-17(19)25-23(26)31-14-22(28)27-9-2-4-18(27)15-5-8-20-21(12-15)30-11-3-10-29-20/h5-8,12-13,18H,2-4,9-11,14H2,1H3. The molecule has 1 aromatic heterocycles. The summed E-state index contributed by atoms with van der Waals surface area (Å²) in [5.41, 5.74) is 2.96. The minimum atomic E-state index is 0.0736. The second-order valence-electron chi connectivity index (χ2n) is 7.88. The Labute approximate surface area is 190 Å². The number of aromatic nitrogens is 2. The number of amides is 1. The lowest BCUT2D eigenvalue weighted by molar-refractivity contribution is -0.129. The Morgan fingerprint density at radius 1 is 1.16 bits per heavy atom. The first-order valence-corrected chi connectivity index (χ1v) is 11.9. The minimum absolute atomic E-state index is 0.0736. The van der Waals surface area contributed by atoms with E-state index in [2.05, 4.69) is 11.1 Å². The van der Waals surface area contributed by atoms with Crippen molar-refractivity contribution in [1.82, 2.24) is 14.5 Å². The van der Waals surface area contributed by atoms with Crippen LogP contribution in [0.5, 0.6) is 11.5 Å². The van der Waals surface area contributed by atoms with Crippen LogP contribution < -0.4 is 9.47 Å². The van der Waals surface area contributed by atoms with Gasteiger partial charge in [0.1, 0.15) is 0 Å². The van der Waals surface area contributed by atoms with Crippen LogP contribution in [0.3, 0.4) is 0 Å². The van der Waals surface area contributed by atoms with Crippen molar-refractivity contribution in [3.05, 3.63) is 47.0 Å². The van der Waals surface area contributed by atoms with E-state index in [0.717, 1.165) is 59.1 Å². The molecule has 5 rings (SSSR count). The third-order valence-corrected chi connectivity index (χ3v) is 7.11. The molecule has 1 atom stereocenters. The number of aryl methyl sites for hydroxylation is 1. The summed E-state index contributed by atoms with van der Waals surface area (Å²) < 4.78 is 13.6. The number of benzene rings is 2. The van der Waals surface area contributed by atoms with Crippen LogP contribution in [0.15, 0.2) is 41.6 Å². The SMILES string of the molecule is Cn1c(SCC(=O)N2CCCC2c2ccc3c(c2)OCCCO3)nc2cc(Cl)ccc21. The molecule has 0 saturated carbocycles. The Kier molecular flexibility index (Phi) is 5.71. The molecule has 3 heterocycles. The van der Waals surface area contributed by atoms with Gasteiger partial charge in [-0.15, -0.1) is 0 Å². The topological polar surface area (TPSA) is 56.6 Å². The van der Waals surface area contributed by atoms with Crippen molar-refractivity contribution in [2.45, 2.75) is 30.5 Å². The number of likely N-dealkylation sites (tertiary alicyclic amines) is 1. The second kappa shape index (κ2) is 8.63. The molecule has 6 nitrogen and oxygen atoms in total. The molecule has 2 aromatic carbocycles. The third-order valence-electron chi connectivity index (χ3n) is 5.86. The molecule has 1 unspecified atom stereocenters. The largest absolute Gasteiger partial charge is 0.490 e. The maximum Gasteiger partial charge on any atom is 0.233 e. The highest BCUT2D eigenvalue weighted by atomic mass is 35.5.